The van der Waals surface area contributed by atoms with Crippen molar-refractivity contribution in [2.75, 3.05) is 13.6 Å². The molecule has 5 heteroatoms. The molecule has 0 bridgehead atoms. The number of hydrogen-bond donors (Lipinski definition) is 1. The van der Waals surface area contributed by atoms with Gasteiger partial charge in [0.05, 0.1) is 4.47 Å². The summed E-state index contributed by atoms with van der Waals surface area (Å²) in [6.45, 7) is 0.887. The van der Waals surface area contributed by atoms with E-state index < -0.39 is 0 Å². The number of rotatable bonds is 6. The second kappa shape index (κ2) is 9.31. The van der Waals surface area contributed by atoms with Gasteiger partial charge in [-0.25, -0.2) is 0 Å². The van der Waals surface area contributed by atoms with Crippen LogP contribution >= 0.6 is 39.9 Å². The summed E-state index contributed by atoms with van der Waals surface area (Å²) in [5.74, 6) is 0.766. The van der Waals surface area contributed by atoms with Crippen molar-refractivity contribution < 1.29 is 4.74 Å². The summed E-state index contributed by atoms with van der Waals surface area (Å²) in [6, 6.07) is 15.8. The van der Waals surface area contributed by atoms with Crippen molar-refractivity contribution in [2.45, 2.75) is 12.5 Å². The molecule has 0 amide bonds. The van der Waals surface area contributed by atoms with Gasteiger partial charge in [0, 0.05) is 11.4 Å². The molecule has 21 heavy (non-hydrogen) atoms. The maximum absolute atomic E-state index is 6.14. The van der Waals surface area contributed by atoms with E-state index in [0.717, 1.165) is 28.8 Å². The first-order valence-corrected chi connectivity index (χ1v) is 7.69. The third-order valence-corrected chi connectivity index (χ3v) is 3.88. The van der Waals surface area contributed by atoms with Gasteiger partial charge in [-0.15, -0.1) is 12.4 Å². The first-order chi connectivity index (χ1) is 9.70. The van der Waals surface area contributed by atoms with Gasteiger partial charge in [-0.2, -0.15) is 0 Å². The minimum Gasteiger partial charge on any atom is -0.484 e. The highest BCUT2D eigenvalue weighted by Gasteiger charge is 2.14. The normalized spacial score (nSPS) is 11.6. The van der Waals surface area contributed by atoms with Gasteiger partial charge in [-0.1, -0.05) is 41.9 Å². The smallest absolute Gasteiger partial charge is 0.135 e. The number of nitrogens with one attached hydrogen (secondary N) is 1. The van der Waals surface area contributed by atoms with E-state index >= 15 is 0 Å². The van der Waals surface area contributed by atoms with Crippen LogP contribution < -0.4 is 10.1 Å². The molecule has 0 aliphatic rings. The van der Waals surface area contributed by atoms with Gasteiger partial charge in [0.2, 0.25) is 0 Å². The predicted molar refractivity (Wildman–Crippen MR) is 94.8 cm³/mol. The molecule has 0 aliphatic heterocycles. The fourth-order valence-corrected chi connectivity index (χ4v) is 2.46. The van der Waals surface area contributed by atoms with E-state index in [4.69, 9.17) is 16.3 Å². The van der Waals surface area contributed by atoms with E-state index in [1.807, 2.05) is 43.4 Å². The summed E-state index contributed by atoms with van der Waals surface area (Å²) in [7, 11) is 1.94. The average molecular weight is 391 g/mol. The van der Waals surface area contributed by atoms with Crippen LogP contribution in [0.5, 0.6) is 5.75 Å². The molecule has 0 saturated heterocycles. The molecule has 2 aromatic carbocycles. The van der Waals surface area contributed by atoms with Gasteiger partial charge in [0.15, 0.2) is 0 Å². The molecule has 1 N–H and O–H groups in total. The summed E-state index contributed by atoms with van der Waals surface area (Å²) in [4.78, 5) is 0. The van der Waals surface area contributed by atoms with Crippen molar-refractivity contribution in [3.63, 3.8) is 0 Å². The van der Waals surface area contributed by atoms with Gasteiger partial charge in [-0.05, 0) is 53.3 Å². The molecule has 1 unspecified atom stereocenters. The molecule has 0 spiro atoms. The summed E-state index contributed by atoms with van der Waals surface area (Å²) in [5.41, 5.74) is 1.16. The lowest BCUT2D eigenvalue weighted by Gasteiger charge is -2.20. The molecule has 2 aromatic rings. The van der Waals surface area contributed by atoms with Gasteiger partial charge >= 0.3 is 0 Å². The molecular weight excluding hydrogens is 373 g/mol. The fraction of sp³-hybridized carbons (Fsp3) is 0.250. The van der Waals surface area contributed by atoms with Crippen LogP contribution in [0.4, 0.5) is 0 Å². The van der Waals surface area contributed by atoms with Gasteiger partial charge < -0.3 is 10.1 Å². The zero-order valence-corrected chi connectivity index (χ0v) is 14.8. The van der Waals surface area contributed by atoms with Crippen molar-refractivity contribution in [1.29, 1.82) is 0 Å². The molecule has 0 aromatic heterocycles. The maximum atomic E-state index is 6.14. The Morgan fingerprint density at radius 3 is 2.57 bits per heavy atom. The van der Waals surface area contributed by atoms with Gasteiger partial charge in [0.1, 0.15) is 11.9 Å². The van der Waals surface area contributed by atoms with E-state index in [-0.39, 0.29) is 18.5 Å². The predicted octanol–water partition coefficient (Wildman–Crippen LogP) is 5.25. The molecule has 114 valence electrons. The number of hydrogen-bond acceptors (Lipinski definition) is 2. The van der Waals surface area contributed by atoms with Gasteiger partial charge in [-0.3, -0.25) is 0 Å². The van der Waals surface area contributed by atoms with E-state index in [1.54, 1.807) is 0 Å². The third-order valence-electron chi connectivity index (χ3n) is 2.99. The van der Waals surface area contributed by atoms with Crippen molar-refractivity contribution in [3.05, 3.63) is 63.6 Å². The van der Waals surface area contributed by atoms with Crippen LogP contribution in [-0.2, 0) is 0 Å². The monoisotopic (exact) mass is 389 g/mol. The van der Waals surface area contributed by atoms with Crippen LogP contribution in [-0.4, -0.2) is 13.6 Å². The Kier molecular flexibility index (Phi) is 8.12. The second-order valence-electron chi connectivity index (χ2n) is 4.48. The number of benzene rings is 2. The highest BCUT2D eigenvalue weighted by atomic mass is 79.9. The second-order valence-corrected chi connectivity index (χ2v) is 5.77. The van der Waals surface area contributed by atoms with Crippen LogP contribution in [0.25, 0.3) is 0 Å². The van der Waals surface area contributed by atoms with Gasteiger partial charge in [0.25, 0.3) is 0 Å². The molecule has 0 radical (unpaired) electrons. The summed E-state index contributed by atoms with van der Waals surface area (Å²) in [6.07, 6.45) is 0.887. The third kappa shape index (κ3) is 5.51. The average Bonchev–Trinajstić information content (AvgIpc) is 2.48. The highest BCUT2D eigenvalue weighted by molar-refractivity contribution is 9.10. The molecule has 0 heterocycles. The molecule has 2 rings (SSSR count). The molecule has 1 atom stereocenters. The first-order valence-electron chi connectivity index (χ1n) is 6.52. The van der Waals surface area contributed by atoms with Crippen molar-refractivity contribution in [1.82, 2.24) is 5.32 Å². The number of ether oxygens (including phenoxy) is 1. The molecule has 0 saturated carbocycles. The van der Waals surface area contributed by atoms with Crippen LogP contribution in [0.15, 0.2) is 53.0 Å². The Morgan fingerprint density at radius 1 is 1.19 bits per heavy atom. The standard InChI is InChI=1S/C16H17BrClNO.ClH/c1-19-10-9-15(12-5-3-2-4-6-12)20-16-11-13(18)7-8-14(16)17;/h2-8,11,15,19H,9-10H2,1H3;1H. The Hall–Kier alpha value is -0.740. The molecular formula is C16H18BrCl2NO. The first kappa shape index (κ1) is 18.3. The van der Waals surface area contributed by atoms with Crippen molar-refractivity contribution in [2.24, 2.45) is 0 Å². The zero-order chi connectivity index (χ0) is 14.4. The minimum absolute atomic E-state index is 0. The van der Waals surface area contributed by atoms with Crippen LogP contribution in [0.2, 0.25) is 5.02 Å². The lowest BCUT2D eigenvalue weighted by Crippen LogP contribution is -2.16. The fourth-order valence-electron chi connectivity index (χ4n) is 1.96. The molecule has 0 fully saturated rings. The lowest BCUT2D eigenvalue weighted by atomic mass is 10.1. The van der Waals surface area contributed by atoms with Crippen molar-refractivity contribution >= 4 is 39.9 Å². The molecule has 2 nitrogen and oxygen atoms in total. The Balaban J connectivity index is 0.00000220. The Morgan fingerprint density at radius 2 is 1.90 bits per heavy atom. The largest absolute Gasteiger partial charge is 0.484 e. The van der Waals surface area contributed by atoms with Crippen molar-refractivity contribution in [3.8, 4) is 5.75 Å². The summed E-state index contributed by atoms with van der Waals surface area (Å²) < 4.78 is 7.05. The SMILES string of the molecule is CNCCC(Oc1cc(Cl)ccc1Br)c1ccccc1.Cl. The minimum atomic E-state index is -0.00147. The molecule has 0 aliphatic carbocycles. The van der Waals surface area contributed by atoms with Crippen LogP contribution in [0.3, 0.4) is 0 Å². The quantitative estimate of drug-likeness (QED) is 0.726. The Bertz CT molecular complexity index is 551. The van der Waals surface area contributed by atoms with E-state index in [1.165, 1.54) is 0 Å². The lowest BCUT2D eigenvalue weighted by molar-refractivity contribution is 0.193. The highest BCUT2D eigenvalue weighted by Crippen LogP contribution is 2.33. The van der Waals surface area contributed by atoms with E-state index in [9.17, 15) is 0 Å². The van der Waals surface area contributed by atoms with E-state index in [0.29, 0.717) is 5.02 Å². The summed E-state index contributed by atoms with van der Waals surface area (Å²) in [5, 5.41) is 3.83. The van der Waals surface area contributed by atoms with E-state index in [2.05, 4.69) is 33.4 Å². The number of halogens is 3. The van der Waals surface area contributed by atoms with Crippen LogP contribution in [0.1, 0.15) is 18.1 Å². The van der Waals surface area contributed by atoms with Crippen LogP contribution in [0, 0.1) is 0 Å². The Labute approximate surface area is 145 Å². The maximum Gasteiger partial charge on any atom is 0.135 e. The summed E-state index contributed by atoms with van der Waals surface area (Å²) >= 11 is 9.54. The zero-order valence-electron chi connectivity index (χ0n) is 11.7. The topological polar surface area (TPSA) is 21.3 Å².